The van der Waals surface area contributed by atoms with Crippen LogP contribution in [0.15, 0.2) is 73.2 Å². The molecule has 0 radical (unpaired) electrons. The summed E-state index contributed by atoms with van der Waals surface area (Å²) in [5.74, 6) is 1.59. The molecule has 1 fully saturated rings. The van der Waals surface area contributed by atoms with E-state index in [9.17, 15) is 4.79 Å². The standard InChI is InChI=1S/C26H24ClN7O/c27-20-7-8-23-22(15-20)31-24-19(16-30-34(24)21-5-2-1-3-6-21)17-33(23)25(35)18-9-13-32(14-10-18)26-28-11-4-12-29-26/h1-8,11-12,15-16,18,31H,9-10,13-14,17H2. The molecule has 35 heavy (non-hydrogen) atoms. The van der Waals surface area contributed by atoms with Gasteiger partial charge in [0.25, 0.3) is 0 Å². The van der Waals surface area contributed by atoms with E-state index >= 15 is 0 Å². The summed E-state index contributed by atoms with van der Waals surface area (Å²) < 4.78 is 1.87. The SMILES string of the molecule is O=C(C1CCN(c2ncccn2)CC1)N1Cc2cnn(-c3ccccc3)c2Nc2cc(Cl)ccc21. The van der Waals surface area contributed by atoms with Crippen LogP contribution in [-0.2, 0) is 11.3 Å². The molecule has 2 aromatic carbocycles. The topological polar surface area (TPSA) is 79.2 Å². The molecule has 0 spiro atoms. The second-order valence-corrected chi connectivity index (χ2v) is 9.22. The molecule has 1 N–H and O–H groups in total. The highest BCUT2D eigenvalue weighted by Crippen LogP contribution is 2.39. The molecular weight excluding hydrogens is 462 g/mol. The first kappa shape index (κ1) is 21.6. The Morgan fingerprint density at radius 3 is 2.54 bits per heavy atom. The van der Waals surface area contributed by atoms with Crippen LogP contribution in [0.4, 0.5) is 23.1 Å². The van der Waals surface area contributed by atoms with Crippen molar-refractivity contribution in [3.05, 3.63) is 83.8 Å². The van der Waals surface area contributed by atoms with Gasteiger partial charge in [0.15, 0.2) is 0 Å². The molecule has 8 nitrogen and oxygen atoms in total. The van der Waals surface area contributed by atoms with Crippen LogP contribution < -0.4 is 15.1 Å². The second-order valence-electron chi connectivity index (χ2n) is 8.79. The first-order valence-electron chi connectivity index (χ1n) is 11.7. The molecule has 0 bridgehead atoms. The first-order valence-corrected chi connectivity index (χ1v) is 12.1. The molecule has 1 saturated heterocycles. The normalized spacial score (nSPS) is 15.7. The molecule has 0 aliphatic carbocycles. The number of benzene rings is 2. The summed E-state index contributed by atoms with van der Waals surface area (Å²) in [6.45, 7) is 1.93. The molecule has 0 unspecified atom stereocenters. The van der Waals surface area contributed by atoms with Gasteiger partial charge in [-0.2, -0.15) is 5.10 Å². The quantitative estimate of drug-likeness (QED) is 0.448. The maximum atomic E-state index is 13.9. The molecule has 4 heterocycles. The van der Waals surface area contributed by atoms with Crippen LogP contribution >= 0.6 is 11.6 Å². The highest BCUT2D eigenvalue weighted by molar-refractivity contribution is 6.31. The molecule has 176 valence electrons. The number of carbonyl (C=O) groups is 1. The number of piperidine rings is 1. The van der Waals surface area contributed by atoms with E-state index < -0.39 is 0 Å². The number of carbonyl (C=O) groups excluding carboxylic acids is 1. The lowest BCUT2D eigenvalue weighted by atomic mass is 9.95. The summed E-state index contributed by atoms with van der Waals surface area (Å²) in [4.78, 5) is 26.6. The lowest BCUT2D eigenvalue weighted by molar-refractivity contribution is -0.123. The Hall–Kier alpha value is -3.91. The molecule has 2 aliphatic heterocycles. The highest BCUT2D eigenvalue weighted by atomic mass is 35.5. The lowest BCUT2D eigenvalue weighted by Crippen LogP contribution is -2.43. The van der Waals surface area contributed by atoms with Gasteiger partial charge < -0.3 is 15.1 Å². The number of anilines is 4. The monoisotopic (exact) mass is 485 g/mol. The number of aromatic nitrogens is 4. The van der Waals surface area contributed by atoms with Gasteiger partial charge in [-0.3, -0.25) is 4.79 Å². The summed E-state index contributed by atoms with van der Waals surface area (Å²) >= 11 is 6.35. The van der Waals surface area contributed by atoms with Gasteiger partial charge in [-0.05, 0) is 49.2 Å². The number of para-hydroxylation sites is 1. The zero-order valence-electron chi connectivity index (χ0n) is 19.0. The maximum absolute atomic E-state index is 13.9. The summed E-state index contributed by atoms with van der Waals surface area (Å²) in [6.07, 6.45) is 6.83. The summed E-state index contributed by atoms with van der Waals surface area (Å²) in [6, 6.07) is 17.4. The minimum atomic E-state index is -0.0794. The van der Waals surface area contributed by atoms with Crippen molar-refractivity contribution in [3.8, 4) is 5.69 Å². The summed E-state index contributed by atoms with van der Waals surface area (Å²) in [5, 5.41) is 8.73. The van der Waals surface area contributed by atoms with E-state index in [1.165, 1.54) is 0 Å². The molecule has 6 rings (SSSR count). The molecular formula is C26H24ClN7O. The van der Waals surface area contributed by atoms with Gasteiger partial charge in [-0.1, -0.05) is 29.8 Å². The third-order valence-corrected chi connectivity index (χ3v) is 6.86. The number of fused-ring (bicyclic) bond motifs is 2. The number of hydrogen-bond donors (Lipinski definition) is 1. The summed E-state index contributed by atoms with van der Waals surface area (Å²) in [5.41, 5.74) is 3.51. The van der Waals surface area contributed by atoms with Crippen LogP contribution in [0.25, 0.3) is 5.69 Å². The summed E-state index contributed by atoms with van der Waals surface area (Å²) in [7, 11) is 0. The average molecular weight is 486 g/mol. The molecule has 4 aromatic rings. The first-order chi connectivity index (χ1) is 17.2. The number of amides is 1. The Morgan fingerprint density at radius 2 is 1.77 bits per heavy atom. The van der Waals surface area contributed by atoms with E-state index in [-0.39, 0.29) is 11.8 Å². The van der Waals surface area contributed by atoms with E-state index in [0.29, 0.717) is 11.6 Å². The predicted molar refractivity (Wildman–Crippen MR) is 136 cm³/mol. The lowest BCUT2D eigenvalue weighted by Gasteiger charge is -2.34. The Labute approximate surface area is 208 Å². The Balaban J connectivity index is 1.30. The van der Waals surface area contributed by atoms with E-state index in [2.05, 4.69) is 25.3 Å². The molecule has 2 aliphatic rings. The third-order valence-electron chi connectivity index (χ3n) is 6.62. The van der Waals surface area contributed by atoms with Crippen molar-refractivity contribution >= 4 is 40.6 Å². The number of hydrogen-bond acceptors (Lipinski definition) is 6. The highest BCUT2D eigenvalue weighted by Gasteiger charge is 2.33. The van der Waals surface area contributed by atoms with Crippen LogP contribution in [0.5, 0.6) is 0 Å². The number of nitrogens with one attached hydrogen (secondary N) is 1. The van der Waals surface area contributed by atoms with Gasteiger partial charge >= 0.3 is 0 Å². The minimum Gasteiger partial charge on any atom is -0.341 e. The second kappa shape index (κ2) is 9.03. The van der Waals surface area contributed by atoms with E-state index in [1.807, 2.05) is 70.4 Å². The van der Waals surface area contributed by atoms with Crippen LogP contribution in [0, 0.1) is 5.92 Å². The van der Waals surface area contributed by atoms with Gasteiger partial charge in [0.1, 0.15) is 5.82 Å². The van der Waals surface area contributed by atoms with Crippen LogP contribution in [0.3, 0.4) is 0 Å². The number of nitrogens with zero attached hydrogens (tertiary/aromatic N) is 6. The Morgan fingerprint density at radius 1 is 1.00 bits per heavy atom. The fraction of sp³-hybridized carbons (Fsp3) is 0.231. The van der Waals surface area contributed by atoms with Gasteiger partial charge in [-0.15, -0.1) is 0 Å². The smallest absolute Gasteiger partial charge is 0.230 e. The van der Waals surface area contributed by atoms with Gasteiger partial charge in [0.2, 0.25) is 11.9 Å². The molecule has 0 saturated carbocycles. The molecule has 0 atom stereocenters. The third kappa shape index (κ3) is 4.10. The average Bonchev–Trinajstić information content (AvgIpc) is 3.23. The van der Waals surface area contributed by atoms with Crippen molar-refractivity contribution in [1.29, 1.82) is 0 Å². The van der Waals surface area contributed by atoms with E-state index in [1.54, 1.807) is 12.4 Å². The van der Waals surface area contributed by atoms with E-state index in [4.69, 9.17) is 11.6 Å². The number of halogens is 1. The largest absolute Gasteiger partial charge is 0.341 e. The van der Waals surface area contributed by atoms with Crippen molar-refractivity contribution < 1.29 is 4.79 Å². The van der Waals surface area contributed by atoms with Crippen molar-refractivity contribution in [2.24, 2.45) is 5.92 Å². The predicted octanol–water partition coefficient (Wildman–Crippen LogP) is 4.82. The van der Waals surface area contributed by atoms with Crippen molar-refractivity contribution in [2.75, 3.05) is 28.2 Å². The number of rotatable bonds is 3. The molecule has 2 aromatic heterocycles. The fourth-order valence-electron chi connectivity index (χ4n) is 4.82. The van der Waals surface area contributed by atoms with Gasteiger partial charge in [0, 0.05) is 42.0 Å². The zero-order chi connectivity index (χ0) is 23.8. The Kier molecular flexibility index (Phi) is 5.58. The van der Waals surface area contributed by atoms with Gasteiger partial charge in [-0.25, -0.2) is 14.6 Å². The minimum absolute atomic E-state index is 0.0794. The van der Waals surface area contributed by atoms with Crippen LogP contribution in [-0.4, -0.2) is 38.7 Å². The van der Waals surface area contributed by atoms with Crippen molar-refractivity contribution in [3.63, 3.8) is 0 Å². The maximum Gasteiger partial charge on any atom is 0.230 e. The van der Waals surface area contributed by atoms with Crippen LogP contribution in [0.2, 0.25) is 5.02 Å². The molecule has 9 heteroatoms. The van der Waals surface area contributed by atoms with Crippen molar-refractivity contribution in [1.82, 2.24) is 19.7 Å². The van der Waals surface area contributed by atoms with Crippen LogP contribution in [0.1, 0.15) is 18.4 Å². The fourth-order valence-corrected chi connectivity index (χ4v) is 4.99. The van der Waals surface area contributed by atoms with E-state index in [0.717, 1.165) is 60.3 Å². The molecule has 1 amide bonds. The Bertz CT molecular complexity index is 1350. The van der Waals surface area contributed by atoms with Gasteiger partial charge in [0.05, 0.1) is 29.8 Å². The van der Waals surface area contributed by atoms with Crippen molar-refractivity contribution in [2.45, 2.75) is 19.4 Å². The zero-order valence-corrected chi connectivity index (χ0v) is 19.8.